The zero-order valence-electron chi connectivity index (χ0n) is 7.55. The van der Waals surface area contributed by atoms with Crippen molar-refractivity contribution in [3.8, 4) is 0 Å². The van der Waals surface area contributed by atoms with Crippen molar-refractivity contribution < 1.29 is 9.90 Å². The summed E-state index contributed by atoms with van der Waals surface area (Å²) in [5.41, 5.74) is 0.447. The maximum atomic E-state index is 10.7. The maximum Gasteiger partial charge on any atom is 0.306 e. The van der Waals surface area contributed by atoms with E-state index in [9.17, 15) is 4.79 Å². The number of rotatable bonds is 3. The first-order valence-electron chi connectivity index (χ1n) is 4.92. The van der Waals surface area contributed by atoms with Crippen LogP contribution in [0.5, 0.6) is 0 Å². The smallest absolute Gasteiger partial charge is 0.306 e. The summed E-state index contributed by atoms with van der Waals surface area (Å²) in [6.07, 6.45) is 6.00. The quantitative estimate of drug-likeness (QED) is 0.702. The van der Waals surface area contributed by atoms with Crippen LogP contribution in [-0.4, -0.2) is 11.1 Å². The number of hydrogen-bond donors (Lipinski definition) is 1. The standard InChI is InChI=1S/C10H16O2/c1-2-10(4-3-5-10)8-6-7(8)9(11)12/h7-8H,2-6H2,1H3,(H,11,12). The van der Waals surface area contributed by atoms with E-state index in [1.165, 1.54) is 25.7 Å². The third kappa shape index (κ3) is 0.970. The number of carboxylic acids is 1. The minimum atomic E-state index is -0.570. The summed E-state index contributed by atoms with van der Waals surface area (Å²) in [6.45, 7) is 2.20. The molecule has 2 fully saturated rings. The Bertz CT molecular complexity index is 200. The van der Waals surface area contributed by atoms with Crippen molar-refractivity contribution >= 4 is 5.97 Å². The molecule has 0 radical (unpaired) electrons. The maximum absolute atomic E-state index is 10.7. The lowest BCUT2D eigenvalue weighted by Crippen LogP contribution is -2.32. The van der Waals surface area contributed by atoms with Crippen LogP contribution in [0.4, 0.5) is 0 Å². The SMILES string of the molecule is CCC1(C2CC2C(=O)O)CCC1. The molecule has 0 bridgehead atoms. The summed E-state index contributed by atoms with van der Waals surface area (Å²) in [7, 11) is 0. The van der Waals surface area contributed by atoms with E-state index in [4.69, 9.17) is 5.11 Å². The Labute approximate surface area is 73.0 Å². The van der Waals surface area contributed by atoms with Crippen molar-refractivity contribution in [2.75, 3.05) is 0 Å². The Hall–Kier alpha value is -0.530. The van der Waals surface area contributed by atoms with E-state index in [1.54, 1.807) is 0 Å². The van der Waals surface area contributed by atoms with Gasteiger partial charge in [0, 0.05) is 0 Å². The first kappa shape index (κ1) is 8.09. The van der Waals surface area contributed by atoms with Gasteiger partial charge in [0.25, 0.3) is 0 Å². The minimum Gasteiger partial charge on any atom is -0.481 e. The monoisotopic (exact) mass is 168 g/mol. The largest absolute Gasteiger partial charge is 0.481 e. The van der Waals surface area contributed by atoms with Crippen LogP contribution in [0, 0.1) is 17.3 Å². The van der Waals surface area contributed by atoms with E-state index < -0.39 is 5.97 Å². The molecule has 0 aromatic carbocycles. The summed E-state index contributed by atoms with van der Waals surface area (Å²) in [5.74, 6) is -0.0428. The van der Waals surface area contributed by atoms with Crippen molar-refractivity contribution in [3.63, 3.8) is 0 Å². The molecule has 0 spiro atoms. The molecule has 0 saturated heterocycles. The van der Waals surface area contributed by atoms with E-state index in [0.29, 0.717) is 11.3 Å². The normalized spacial score (nSPS) is 37.1. The fourth-order valence-corrected chi connectivity index (χ4v) is 2.76. The third-order valence-electron chi connectivity index (χ3n) is 3.95. The second-order valence-electron chi connectivity index (χ2n) is 4.36. The van der Waals surface area contributed by atoms with Gasteiger partial charge in [0.15, 0.2) is 0 Å². The lowest BCUT2D eigenvalue weighted by Gasteiger charge is -2.42. The Morgan fingerprint density at radius 3 is 2.50 bits per heavy atom. The highest BCUT2D eigenvalue weighted by Gasteiger charge is 2.57. The average molecular weight is 168 g/mol. The molecule has 2 heteroatoms. The predicted octanol–water partition coefficient (Wildman–Crippen LogP) is 2.29. The molecule has 2 aliphatic rings. The lowest BCUT2D eigenvalue weighted by molar-refractivity contribution is -0.139. The molecule has 0 aliphatic heterocycles. The molecule has 2 saturated carbocycles. The van der Waals surface area contributed by atoms with Gasteiger partial charge in [-0.3, -0.25) is 4.79 Å². The molecule has 0 amide bonds. The Morgan fingerprint density at radius 1 is 1.58 bits per heavy atom. The zero-order valence-corrected chi connectivity index (χ0v) is 7.55. The Kier molecular flexibility index (Phi) is 1.67. The molecular weight excluding hydrogens is 152 g/mol. The summed E-state index contributed by atoms with van der Waals surface area (Å²) in [6, 6.07) is 0. The van der Waals surface area contributed by atoms with E-state index in [-0.39, 0.29) is 5.92 Å². The van der Waals surface area contributed by atoms with E-state index in [2.05, 4.69) is 6.92 Å². The summed E-state index contributed by atoms with van der Waals surface area (Å²) >= 11 is 0. The van der Waals surface area contributed by atoms with Crippen molar-refractivity contribution in [2.45, 2.75) is 39.0 Å². The molecule has 68 valence electrons. The summed E-state index contributed by atoms with van der Waals surface area (Å²) in [5, 5.41) is 8.80. The van der Waals surface area contributed by atoms with E-state index in [1.807, 2.05) is 0 Å². The number of hydrogen-bond acceptors (Lipinski definition) is 1. The van der Waals surface area contributed by atoms with Crippen LogP contribution in [0.15, 0.2) is 0 Å². The van der Waals surface area contributed by atoms with Gasteiger partial charge in [0.2, 0.25) is 0 Å². The first-order chi connectivity index (χ1) is 5.69. The number of carboxylic acid groups (broad SMARTS) is 1. The van der Waals surface area contributed by atoms with Crippen molar-refractivity contribution in [2.24, 2.45) is 17.3 Å². The molecule has 0 heterocycles. The van der Waals surface area contributed by atoms with Crippen molar-refractivity contribution in [1.82, 2.24) is 0 Å². The summed E-state index contributed by atoms with van der Waals surface area (Å²) < 4.78 is 0. The van der Waals surface area contributed by atoms with Crippen LogP contribution in [0.2, 0.25) is 0 Å². The van der Waals surface area contributed by atoms with Gasteiger partial charge >= 0.3 is 5.97 Å². The highest BCUT2D eigenvalue weighted by Crippen LogP contribution is 2.61. The van der Waals surface area contributed by atoms with Crippen LogP contribution in [0.3, 0.4) is 0 Å². The van der Waals surface area contributed by atoms with Crippen molar-refractivity contribution in [1.29, 1.82) is 0 Å². The molecular formula is C10H16O2. The minimum absolute atomic E-state index is 0.00486. The van der Waals surface area contributed by atoms with Crippen LogP contribution in [0.1, 0.15) is 39.0 Å². The van der Waals surface area contributed by atoms with Gasteiger partial charge in [-0.05, 0) is 30.6 Å². The van der Waals surface area contributed by atoms with Gasteiger partial charge in [-0.2, -0.15) is 0 Å². The molecule has 2 atom stereocenters. The number of aliphatic carboxylic acids is 1. The first-order valence-corrected chi connectivity index (χ1v) is 4.92. The van der Waals surface area contributed by atoms with Crippen LogP contribution < -0.4 is 0 Å². The third-order valence-corrected chi connectivity index (χ3v) is 3.95. The highest BCUT2D eigenvalue weighted by atomic mass is 16.4. The summed E-state index contributed by atoms with van der Waals surface area (Å²) in [4.78, 5) is 10.7. The Morgan fingerprint density at radius 2 is 2.25 bits per heavy atom. The van der Waals surface area contributed by atoms with Crippen molar-refractivity contribution in [3.05, 3.63) is 0 Å². The predicted molar refractivity (Wildman–Crippen MR) is 45.8 cm³/mol. The Balaban J connectivity index is 1.98. The number of carbonyl (C=O) groups is 1. The van der Waals surface area contributed by atoms with Gasteiger partial charge in [0.1, 0.15) is 0 Å². The molecule has 2 rings (SSSR count). The zero-order chi connectivity index (χ0) is 8.77. The molecule has 0 aromatic rings. The average Bonchev–Trinajstić information content (AvgIpc) is 2.66. The molecule has 2 nitrogen and oxygen atoms in total. The second-order valence-corrected chi connectivity index (χ2v) is 4.36. The van der Waals surface area contributed by atoms with Crippen LogP contribution in [0.25, 0.3) is 0 Å². The van der Waals surface area contributed by atoms with Crippen LogP contribution in [-0.2, 0) is 4.79 Å². The molecule has 2 aliphatic carbocycles. The molecule has 12 heavy (non-hydrogen) atoms. The molecule has 2 unspecified atom stereocenters. The van der Waals surface area contributed by atoms with Gasteiger partial charge in [-0.1, -0.05) is 19.8 Å². The van der Waals surface area contributed by atoms with Crippen LogP contribution >= 0.6 is 0 Å². The van der Waals surface area contributed by atoms with E-state index >= 15 is 0 Å². The van der Waals surface area contributed by atoms with Gasteiger partial charge < -0.3 is 5.11 Å². The van der Waals surface area contributed by atoms with Gasteiger partial charge in [-0.25, -0.2) is 0 Å². The van der Waals surface area contributed by atoms with E-state index in [0.717, 1.165) is 6.42 Å². The topological polar surface area (TPSA) is 37.3 Å². The highest BCUT2D eigenvalue weighted by molar-refractivity contribution is 5.73. The van der Waals surface area contributed by atoms with Gasteiger partial charge in [-0.15, -0.1) is 0 Å². The second kappa shape index (κ2) is 2.48. The molecule has 0 aromatic heterocycles. The lowest BCUT2D eigenvalue weighted by atomic mass is 9.63. The molecule has 1 N–H and O–H groups in total. The fraction of sp³-hybridized carbons (Fsp3) is 0.900. The van der Waals surface area contributed by atoms with Gasteiger partial charge in [0.05, 0.1) is 5.92 Å². The fourth-order valence-electron chi connectivity index (χ4n) is 2.76.